The first kappa shape index (κ1) is 38.0. The maximum atomic E-state index is 14.4. The Hall–Kier alpha value is -5.58. The Morgan fingerprint density at radius 2 is 1.38 bits per heavy atom. The van der Waals surface area contributed by atoms with Crippen molar-refractivity contribution >= 4 is 22.8 Å². The van der Waals surface area contributed by atoms with Gasteiger partial charge in [-0.3, -0.25) is 14.5 Å². The molecule has 298 valence electrons. The van der Waals surface area contributed by atoms with E-state index in [0.29, 0.717) is 6.54 Å². The number of aromatic nitrogens is 4. The molecule has 2 aliphatic heterocycles. The summed E-state index contributed by atoms with van der Waals surface area (Å²) in [5.74, 6) is 2.01. The number of likely N-dealkylation sites (tertiary alicyclic amines) is 2. The van der Waals surface area contributed by atoms with Crippen LogP contribution in [-0.4, -0.2) is 79.2 Å². The van der Waals surface area contributed by atoms with Gasteiger partial charge in [0.05, 0.1) is 28.8 Å². The van der Waals surface area contributed by atoms with E-state index in [1.165, 1.54) is 5.56 Å². The molecule has 1 aliphatic carbocycles. The molecule has 4 aromatic carbocycles. The number of H-pyrrole nitrogens is 2. The van der Waals surface area contributed by atoms with Crippen LogP contribution >= 0.6 is 0 Å². The lowest BCUT2D eigenvalue weighted by Crippen LogP contribution is -2.43. The lowest BCUT2D eigenvalue weighted by molar-refractivity contribution is -0.138. The molecule has 3 N–H and O–H groups in total. The summed E-state index contributed by atoms with van der Waals surface area (Å²) in [6.07, 6.45) is 5.50. The summed E-state index contributed by atoms with van der Waals surface area (Å²) in [7, 11) is 0. The van der Waals surface area contributed by atoms with Crippen LogP contribution in [0.3, 0.4) is 0 Å². The van der Waals surface area contributed by atoms with Crippen LogP contribution in [0.5, 0.6) is 0 Å². The predicted molar refractivity (Wildman–Crippen MR) is 229 cm³/mol. The molecule has 10 nitrogen and oxygen atoms in total. The van der Waals surface area contributed by atoms with Gasteiger partial charge < -0.3 is 25.1 Å². The number of aromatic amines is 2. The van der Waals surface area contributed by atoms with Crippen molar-refractivity contribution in [2.75, 3.05) is 32.7 Å². The van der Waals surface area contributed by atoms with Crippen molar-refractivity contribution in [2.24, 2.45) is 0 Å². The Bertz CT molecular complexity index is 2400. The SMILES string of the molecule is CCN[C@@H](C(=O)N1CCC[C@H]1c1nc2ccc(-c3ccc4c(c3)CCc3[nH]c([C@@H]5CCCN5C(=O)[C@@H](c5ccccc5)N(CC)CC)nc3-4)cc2[nH]1)c1ccccc1. The van der Waals surface area contributed by atoms with Gasteiger partial charge in [0.15, 0.2) is 0 Å². The van der Waals surface area contributed by atoms with E-state index in [9.17, 15) is 9.59 Å². The topological polar surface area (TPSA) is 113 Å². The van der Waals surface area contributed by atoms with Gasteiger partial charge in [0.1, 0.15) is 23.7 Å². The van der Waals surface area contributed by atoms with E-state index in [0.717, 1.165) is 127 Å². The lowest BCUT2D eigenvalue weighted by atomic mass is 9.89. The number of benzene rings is 4. The quantitative estimate of drug-likeness (QED) is 0.115. The Morgan fingerprint density at radius 3 is 2.07 bits per heavy atom. The molecule has 0 radical (unpaired) electrons. The maximum Gasteiger partial charge on any atom is 0.245 e. The molecule has 10 heteroatoms. The van der Waals surface area contributed by atoms with E-state index in [1.54, 1.807) is 0 Å². The summed E-state index contributed by atoms with van der Waals surface area (Å²) in [6, 6.07) is 32.5. The normalized spacial score (nSPS) is 18.8. The Kier molecular flexibility index (Phi) is 10.7. The van der Waals surface area contributed by atoms with E-state index in [2.05, 4.69) is 87.5 Å². The maximum absolute atomic E-state index is 14.4. The van der Waals surface area contributed by atoms with Crippen LogP contribution in [0, 0.1) is 0 Å². The number of carbonyl (C=O) groups is 2. The zero-order chi connectivity index (χ0) is 39.8. The second-order valence-electron chi connectivity index (χ2n) is 16.0. The summed E-state index contributed by atoms with van der Waals surface area (Å²) >= 11 is 0. The largest absolute Gasteiger partial charge is 0.344 e. The first-order valence-corrected chi connectivity index (χ1v) is 21.4. The van der Waals surface area contributed by atoms with Crippen molar-refractivity contribution < 1.29 is 9.59 Å². The number of nitrogens with one attached hydrogen (secondary N) is 3. The van der Waals surface area contributed by atoms with Gasteiger partial charge in [0.25, 0.3) is 0 Å². The van der Waals surface area contributed by atoms with Crippen molar-refractivity contribution in [1.82, 2.24) is 40.0 Å². The third kappa shape index (κ3) is 7.02. The number of nitrogens with zero attached hydrogens (tertiary/aromatic N) is 5. The summed E-state index contributed by atoms with van der Waals surface area (Å²) < 4.78 is 0. The minimum atomic E-state index is -0.382. The third-order valence-corrected chi connectivity index (χ3v) is 12.7. The van der Waals surface area contributed by atoms with Crippen molar-refractivity contribution in [3.63, 3.8) is 0 Å². The Balaban J connectivity index is 0.946. The summed E-state index contributed by atoms with van der Waals surface area (Å²) in [5, 5.41) is 3.42. The van der Waals surface area contributed by atoms with Crippen LogP contribution in [0.2, 0.25) is 0 Å². The monoisotopic (exact) mass is 774 g/mol. The molecule has 0 unspecified atom stereocenters. The van der Waals surface area contributed by atoms with Gasteiger partial charge >= 0.3 is 0 Å². The Labute approximate surface area is 341 Å². The number of rotatable bonds is 12. The van der Waals surface area contributed by atoms with E-state index in [4.69, 9.17) is 9.97 Å². The zero-order valence-electron chi connectivity index (χ0n) is 33.9. The number of likely N-dealkylation sites (N-methyl/N-ethyl adjacent to an activating group) is 2. The fourth-order valence-corrected chi connectivity index (χ4v) is 9.71. The average Bonchev–Trinajstić information content (AvgIpc) is 4.10. The van der Waals surface area contributed by atoms with E-state index >= 15 is 0 Å². The van der Waals surface area contributed by atoms with Crippen LogP contribution in [0.25, 0.3) is 33.4 Å². The van der Waals surface area contributed by atoms with Crippen LogP contribution in [0.4, 0.5) is 0 Å². The summed E-state index contributed by atoms with van der Waals surface area (Å²) in [5.41, 5.74) is 10.8. The van der Waals surface area contributed by atoms with Gasteiger partial charge in [-0.1, -0.05) is 106 Å². The smallest absolute Gasteiger partial charge is 0.245 e. The molecule has 0 bridgehead atoms. The number of fused-ring (bicyclic) bond motifs is 4. The number of hydrogen-bond donors (Lipinski definition) is 3. The van der Waals surface area contributed by atoms with Gasteiger partial charge in [-0.25, -0.2) is 9.97 Å². The van der Waals surface area contributed by atoms with E-state index in [-0.39, 0.29) is 36.0 Å². The van der Waals surface area contributed by atoms with Gasteiger partial charge in [-0.2, -0.15) is 0 Å². The van der Waals surface area contributed by atoms with Crippen LogP contribution in [0.1, 0.15) is 105 Å². The van der Waals surface area contributed by atoms with Crippen molar-refractivity contribution in [3.05, 3.63) is 131 Å². The van der Waals surface area contributed by atoms with Gasteiger partial charge in [0.2, 0.25) is 11.8 Å². The Morgan fingerprint density at radius 1 is 0.741 bits per heavy atom. The third-order valence-electron chi connectivity index (χ3n) is 12.7. The first-order chi connectivity index (χ1) is 28.4. The molecular weight excluding hydrogens is 721 g/mol. The molecular formula is C48H54N8O2. The molecule has 2 fully saturated rings. The molecule has 0 spiro atoms. The average molecular weight is 775 g/mol. The second kappa shape index (κ2) is 16.3. The number of imidazole rings is 2. The second-order valence-corrected chi connectivity index (χ2v) is 16.0. The fourth-order valence-electron chi connectivity index (χ4n) is 9.71. The van der Waals surface area contributed by atoms with Crippen molar-refractivity contribution in [3.8, 4) is 22.4 Å². The van der Waals surface area contributed by atoms with Crippen LogP contribution in [-0.2, 0) is 22.4 Å². The molecule has 6 aromatic rings. The molecule has 4 heterocycles. The molecule has 0 saturated carbocycles. The lowest BCUT2D eigenvalue weighted by Gasteiger charge is -2.34. The minimum absolute atomic E-state index is 0.0682. The number of aryl methyl sites for hydroxylation is 2. The van der Waals surface area contributed by atoms with Gasteiger partial charge in [-0.05, 0) is 98.1 Å². The zero-order valence-corrected chi connectivity index (χ0v) is 33.9. The van der Waals surface area contributed by atoms with E-state index < -0.39 is 0 Å². The molecule has 58 heavy (non-hydrogen) atoms. The number of hydrogen-bond acceptors (Lipinski definition) is 6. The summed E-state index contributed by atoms with van der Waals surface area (Å²) in [4.78, 5) is 52.3. The molecule has 2 amide bonds. The minimum Gasteiger partial charge on any atom is -0.344 e. The molecule has 3 aliphatic rings. The van der Waals surface area contributed by atoms with Gasteiger partial charge in [0, 0.05) is 24.3 Å². The van der Waals surface area contributed by atoms with Crippen LogP contribution in [0.15, 0.2) is 97.1 Å². The molecule has 9 rings (SSSR count). The van der Waals surface area contributed by atoms with E-state index in [1.807, 2.05) is 60.4 Å². The van der Waals surface area contributed by atoms with Crippen LogP contribution < -0.4 is 5.32 Å². The predicted octanol–water partition coefficient (Wildman–Crippen LogP) is 8.48. The standard InChI is InChI=1S/C48H54N8O2/c1-4-49-42(31-15-9-7-10-16-31)47(57)55-27-13-19-40(55)45-50-37-25-22-34(30-39(37)52-45)33-21-24-36-35(29-33)23-26-38-43(36)53-46(51-38)41-20-14-28-56(41)48(58)44(54(5-2)6-3)32-17-11-8-12-18-32/h7-12,15-18,21-22,24-25,29-30,40-42,44,49H,4-6,13-14,19-20,23,26-28H2,1-3H3,(H,50,52)(H,51,53)/t40-,41-,42+,44+/m0/s1. The fraction of sp³-hybridized carbons (Fsp3) is 0.375. The number of amides is 2. The highest BCUT2D eigenvalue weighted by atomic mass is 16.2. The van der Waals surface area contributed by atoms with Crippen molar-refractivity contribution in [1.29, 1.82) is 0 Å². The molecule has 2 aromatic heterocycles. The molecule has 2 saturated heterocycles. The summed E-state index contributed by atoms with van der Waals surface area (Å²) in [6.45, 7) is 10.1. The highest BCUT2D eigenvalue weighted by Gasteiger charge is 2.39. The van der Waals surface area contributed by atoms with Crippen molar-refractivity contribution in [2.45, 2.75) is 83.5 Å². The highest BCUT2D eigenvalue weighted by Crippen LogP contribution is 2.40. The highest BCUT2D eigenvalue weighted by molar-refractivity contribution is 5.86. The number of carbonyl (C=O) groups excluding carboxylic acids is 2. The van der Waals surface area contributed by atoms with Gasteiger partial charge in [-0.15, -0.1) is 0 Å². The first-order valence-electron chi connectivity index (χ1n) is 21.4. The molecule has 4 atom stereocenters.